The third-order valence-corrected chi connectivity index (χ3v) is 6.72. The molecule has 29 heavy (non-hydrogen) atoms. The zero-order chi connectivity index (χ0) is 21.2. The number of sulfonamides is 1. The van der Waals surface area contributed by atoms with Gasteiger partial charge < -0.3 is 10.4 Å². The first-order chi connectivity index (χ1) is 13.7. The molecule has 0 atom stereocenters. The molecule has 0 aliphatic carbocycles. The first-order valence-electron chi connectivity index (χ1n) is 7.98. The lowest BCUT2D eigenvalue weighted by Gasteiger charge is -2.14. The van der Waals surface area contributed by atoms with Gasteiger partial charge in [0, 0.05) is 10.0 Å². The van der Waals surface area contributed by atoms with Crippen LogP contribution in [0.4, 0.5) is 5.69 Å². The Hall–Kier alpha value is -1.77. The Kier molecular flexibility index (Phi) is 6.76. The number of benzene rings is 3. The van der Waals surface area contributed by atoms with Gasteiger partial charge in [-0.05, 0) is 30.3 Å². The number of nitrogens with one attached hydrogen (secondary N) is 1. The number of phenolic OH excluding ortho intramolecular Hbond substituents is 1. The second-order valence-electron chi connectivity index (χ2n) is 5.74. The van der Waals surface area contributed by atoms with E-state index >= 15 is 0 Å². The van der Waals surface area contributed by atoms with Crippen LogP contribution < -0.4 is 5.32 Å². The van der Waals surface area contributed by atoms with Crippen molar-refractivity contribution in [2.24, 2.45) is 4.40 Å². The van der Waals surface area contributed by atoms with E-state index in [1.165, 1.54) is 18.2 Å². The molecule has 5 nitrogen and oxygen atoms in total. The van der Waals surface area contributed by atoms with Crippen molar-refractivity contribution in [3.05, 3.63) is 85.8 Å². The number of hydrogen-bond acceptors (Lipinski definition) is 3. The maximum absolute atomic E-state index is 12.8. The number of rotatable bonds is 4. The Morgan fingerprint density at radius 2 is 1.59 bits per heavy atom. The summed E-state index contributed by atoms with van der Waals surface area (Å²) in [5, 5.41) is 12.4. The number of aromatic hydroxyl groups is 1. The van der Waals surface area contributed by atoms with Crippen LogP contribution in [0.25, 0.3) is 0 Å². The molecule has 3 aromatic rings. The Morgan fingerprint density at radius 3 is 2.21 bits per heavy atom. The molecule has 3 aromatic carbocycles. The Balaban J connectivity index is 2.12. The normalized spacial score (nSPS) is 12.1. The summed E-state index contributed by atoms with van der Waals surface area (Å²) < 4.78 is 30.3. The van der Waals surface area contributed by atoms with Gasteiger partial charge in [0.1, 0.15) is 5.02 Å². The molecule has 0 bridgehead atoms. The SMILES string of the molecule is O=S(=O)(N=C(Nc1cc(Cl)c(O)c(Cl)c1Cl)c1ccccc1)c1ccc(Br)cc1. The van der Waals surface area contributed by atoms with Crippen molar-refractivity contribution >= 4 is 72.3 Å². The maximum atomic E-state index is 12.8. The summed E-state index contributed by atoms with van der Waals surface area (Å²) in [6.45, 7) is 0. The van der Waals surface area contributed by atoms with Gasteiger partial charge in [-0.2, -0.15) is 8.42 Å². The van der Waals surface area contributed by atoms with Crippen LogP contribution in [0, 0.1) is 0 Å². The van der Waals surface area contributed by atoms with E-state index in [2.05, 4.69) is 25.6 Å². The second kappa shape index (κ2) is 8.93. The molecule has 0 heterocycles. The van der Waals surface area contributed by atoms with E-state index in [0.717, 1.165) is 4.47 Å². The quantitative estimate of drug-likeness (QED) is 0.177. The Morgan fingerprint density at radius 1 is 0.966 bits per heavy atom. The van der Waals surface area contributed by atoms with Crippen LogP contribution in [-0.4, -0.2) is 19.4 Å². The molecule has 2 N–H and O–H groups in total. The topological polar surface area (TPSA) is 78.8 Å². The van der Waals surface area contributed by atoms with E-state index in [1.807, 2.05) is 0 Å². The summed E-state index contributed by atoms with van der Waals surface area (Å²) >= 11 is 21.4. The highest BCUT2D eigenvalue weighted by atomic mass is 79.9. The Labute approximate surface area is 191 Å². The van der Waals surface area contributed by atoms with Crippen LogP contribution in [0.3, 0.4) is 0 Å². The summed E-state index contributed by atoms with van der Waals surface area (Å²) in [5.74, 6) is -0.363. The minimum Gasteiger partial charge on any atom is -0.505 e. The average molecular weight is 535 g/mol. The summed E-state index contributed by atoms with van der Waals surface area (Å²) in [4.78, 5) is 0.0174. The molecule has 0 radical (unpaired) electrons. The molecule has 0 aliphatic heterocycles. The van der Waals surface area contributed by atoms with Crippen molar-refractivity contribution < 1.29 is 13.5 Å². The van der Waals surface area contributed by atoms with Crippen molar-refractivity contribution in [3.8, 4) is 5.75 Å². The van der Waals surface area contributed by atoms with Gasteiger partial charge in [0.2, 0.25) is 0 Å². The lowest BCUT2D eigenvalue weighted by molar-refractivity contribution is 0.476. The summed E-state index contributed by atoms with van der Waals surface area (Å²) in [6.07, 6.45) is 0. The van der Waals surface area contributed by atoms with E-state index in [9.17, 15) is 13.5 Å². The average Bonchev–Trinajstić information content (AvgIpc) is 2.70. The van der Waals surface area contributed by atoms with Crippen LogP contribution in [0.1, 0.15) is 5.56 Å². The molecular weight excluding hydrogens is 523 g/mol. The van der Waals surface area contributed by atoms with Gasteiger partial charge >= 0.3 is 0 Å². The standard InChI is InChI=1S/C19H12BrCl3N2O3S/c20-12-6-8-13(9-7-12)29(27,28)25-19(11-4-2-1-3-5-11)24-15-10-14(21)18(26)17(23)16(15)22/h1-10,26H,(H,24,25). The molecule has 0 amide bonds. The summed E-state index contributed by atoms with van der Waals surface area (Å²) in [7, 11) is -4.04. The highest BCUT2D eigenvalue weighted by molar-refractivity contribution is 9.10. The highest BCUT2D eigenvalue weighted by Crippen LogP contribution is 2.42. The molecule has 0 unspecified atom stereocenters. The monoisotopic (exact) mass is 532 g/mol. The van der Waals surface area contributed by atoms with Gasteiger partial charge in [-0.1, -0.05) is 81.1 Å². The molecule has 0 spiro atoms. The van der Waals surface area contributed by atoms with Gasteiger partial charge in [0.25, 0.3) is 10.0 Å². The zero-order valence-corrected chi connectivity index (χ0v) is 19.1. The van der Waals surface area contributed by atoms with Crippen molar-refractivity contribution in [2.75, 3.05) is 5.32 Å². The van der Waals surface area contributed by atoms with Crippen molar-refractivity contribution in [2.45, 2.75) is 4.90 Å². The first-order valence-corrected chi connectivity index (χ1v) is 11.3. The van der Waals surface area contributed by atoms with Crippen LogP contribution in [0.2, 0.25) is 15.1 Å². The number of amidine groups is 1. The van der Waals surface area contributed by atoms with E-state index < -0.39 is 10.0 Å². The van der Waals surface area contributed by atoms with Crippen molar-refractivity contribution in [1.29, 1.82) is 0 Å². The van der Waals surface area contributed by atoms with E-state index in [0.29, 0.717) is 5.56 Å². The lowest BCUT2D eigenvalue weighted by Crippen LogP contribution is -2.16. The molecule has 0 aromatic heterocycles. The van der Waals surface area contributed by atoms with Gasteiger partial charge in [-0.25, -0.2) is 0 Å². The largest absolute Gasteiger partial charge is 0.505 e. The number of nitrogens with zero attached hydrogens (tertiary/aromatic N) is 1. The minimum atomic E-state index is -4.04. The molecule has 0 saturated carbocycles. The lowest BCUT2D eigenvalue weighted by atomic mass is 10.2. The summed E-state index contributed by atoms with van der Waals surface area (Å²) in [5.41, 5.74) is 0.678. The van der Waals surface area contributed by atoms with Gasteiger partial charge in [0.15, 0.2) is 11.6 Å². The van der Waals surface area contributed by atoms with Gasteiger partial charge in [-0.15, -0.1) is 4.40 Å². The van der Waals surface area contributed by atoms with Gasteiger partial charge in [0.05, 0.1) is 20.6 Å². The van der Waals surface area contributed by atoms with Crippen LogP contribution in [0.5, 0.6) is 5.75 Å². The Bertz CT molecular complexity index is 1190. The molecule has 10 heteroatoms. The van der Waals surface area contributed by atoms with Crippen LogP contribution in [-0.2, 0) is 10.0 Å². The molecule has 0 fully saturated rings. The molecule has 0 saturated heterocycles. The van der Waals surface area contributed by atoms with Crippen molar-refractivity contribution in [1.82, 2.24) is 0 Å². The maximum Gasteiger partial charge on any atom is 0.284 e. The molecule has 150 valence electrons. The predicted octanol–water partition coefficient (Wildman–Crippen LogP) is 6.36. The second-order valence-corrected chi connectivity index (χ2v) is 9.43. The van der Waals surface area contributed by atoms with Gasteiger partial charge in [-0.3, -0.25) is 0 Å². The fraction of sp³-hybridized carbons (Fsp3) is 0. The van der Waals surface area contributed by atoms with Crippen LogP contribution in [0.15, 0.2) is 74.4 Å². The first kappa shape index (κ1) is 21.9. The third-order valence-electron chi connectivity index (χ3n) is 3.76. The highest BCUT2D eigenvalue weighted by Gasteiger charge is 2.19. The minimum absolute atomic E-state index is 0.00763. The number of halogens is 4. The van der Waals surface area contributed by atoms with E-state index in [-0.39, 0.29) is 37.2 Å². The van der Waals surface area contributed by atoms with E-state index in [1.54, 1.807) is 42.5 Å². The zero-order valence-electron chi connectivity index (χ0n) is 14.4. The van der Waals surface area contributed by atoms with E-state index in [4.69, 9.17) is 34.8 Å². The number of phenols is 1. The fourth-order valence-corrected chi connectivity index (χ4v) is 4.22. The number of anilines is 1. The van der Waals surface area contributed by atoms with Crippen molar-refractivity contribution in [3.63, 3.8) is 0 Å². The molecule has 3 rings (SSSR count). The number of hydrogen-bond donors (Lipinski definition) is 2. The molecule has 0 aliphatic rings. The smallest absolute Gasteiger partial charge is 0.284 e. The predicted molar refractivity (Wildman–Crippen MR) is 121 cm³/mol. The fourth-order valence-electron chi connectivity index (χ4n) is 2.33. The third kappa shape index (κ3) is 5.05. The molecular formula is C19H12BrCl3N2O3S. The summed E-state index contributed by atoms with van der Waals surface area (Å²) in [6, 6.07) is 16.0. The van der Waals surface area contributed by atoms with Crippen LogP contribution >= 0.6 is 50.7 Å².